The van der Waals surface area contributed by atoms with Gasteiger partial charge in [0.2, 0.25) is 0 Å². The number of nitrogens with zero attached hydrogens (tertiary/aromatic N) is 3. The second-order valence-electron chi connectivity index (χ2n) is 9.33. The number of carbonyl (C=O) groups is 1. The van der Waals surface area contributed by atoms with E-state index in [0.717, 1.165) is 58.2 Å². The van der Waals surface area contributed by atoms with Crippen LogP contribution in [0, 0.1) is 16.7 Å². The van der Waals surface area contributed by atoms with E-state index in [2.05, 4.69) is 15.9 Å². The molecule has 6 heteroatoms. The number of nitriles is 1. The number of hydrogen-bond donors (Lipinski definition) is 1. The van der Waals surface area contributed by atoms with Crippen LogP contribution in [0.2, 0.25) is 0 Å². The number of halogens is 1. The van der Waals surface area contributed by atoms with E-state index in [4.69, 9.17) is 0 Å². The summed E-state index contributed by atoms with van der Waals surface area (Å²) in [7, 11) is 0. The average Bonchev–Trinajstić information content (AvgIpc) is 3.66. The van der Waals surface area contributed by atoms with Crippen LogP contribution in [0.1, 0.15) is 61.4 Å². The third kappa shape index (κ3) is 4.31. The molecule has 1 aromatic carbocycles. The summed E-state index contributed by atoms with van der Waals surface area (Å²) in [4.78, 5) is 17.7. The first-order chi connectivity index (χ1) is 13.9. The van der Waals surface area contributed by atoms with Crippen molar-refractivity contribution >= 4 is 5.91 Å². The van der Waals surface area contributed by atoms with Gasteiger partial charge in [0.25, 0.3) is 5.91 Å². The lowest BCUT2D eigenvalue weighted by Gasteiger charge is -2.39. The highest BCUT2D eigenvalue weighted by molar-refractivity contribution is 5.95. The Morgan fingerprint density at radius 2 is 1.83 bits per heavy atom. The largest absolute Gasteiger partial charge is 0.383 e. The number of benzene rings is 1. The lowest BCUT2D eigenvalue weighted by atomic mass is 9.95. The summed E-state index contributed by atoms with van der Waals surface area (Å²) < 4.78 is 13.0. The van der Waals surface area contributed by atoms with Crippen LogP contribution in [0.25, 0.3) is 0 Å². The molecule has 2 saturated carbocycles. The lowest BCUT2D eigenvalue weighted by Crippen LogP contribution is -2.49. The highest BCUT2D eigenvalue weighted by Gasteiger charge is 2.45. The summed E-state index contributed by atoms with van der Waals surface area (Å²) >= 11 is 0. The van der Waals surface area contributed by atoms with Crippen molar-refractivity contribution in [2.75, 3.05) is 26.3 Å². The van der Waals surface area contributed by atoms with Crippen LogP contribution in [0.15, 0.2) is 24.3 Å². The molecule has 1 unspecified atom stereocenters. The fraction of sp³-hybridized carbons (Fsp3) is 0.652. The van der Waals surface area contributed by atoms with Crippen molar-refractivity contribution in [3.63, 3.8) is 0 Å². The summed E-state index contributed by atoms with van der Waals surface area (Å²) in [6.07, 6.45) is 6.02. The standard InChI is InChI=1S/C23H30FN3O2/c1-22(29,14-24)18-4-2-17(3-5-18)21(28)27(19-6-7-19)20-8-12-26(13-9-20)16-23(15-25)10-11-23/h2-5,19-20,29H,6-14,16H2,1H3. The molecule has 156 valence electrons. The average molecular weight is 400 g/mol. The highest BCUT2D eigenvalue weighted by atomic mass is 19.1. The van der Waals surface area contributed by atoms with E-state index in [0.29, 0.717) is 17.2 Å². The zero-order chi connectivity index (χ0) is 20.6. The van der Waals surface area contributed by atoms with Crippen LogP contribution in [-0.4, -0.2) is 59.2 Å². The smallest absolute Gasteiger partial charge is 0.254 e. The molecule has 1 aliphatic heterocycles. The molecule has 1 atom stereocenters. The number of aliphatic hydroxyl groups is 1. The first kappa shape index (κ1) is 20.3. The molecule has 2 aliphatic carbocycles. The van der Waals surface area contributed by atoms with E-state index >= 15 is 0 Å². The first-order valence-electron chi connectivity index (χ1n) is 10.7. The van der Waals surface area contributed by atoms with Gasteiger partial charge in [0, 0.05) is 37.3 Å². The van der Waals surface area contributed by atoms with Gasteiger partial charge in [-0.25, -0.2) is 4.39 Å². The minimum Gasteiger partial charge on any atom is -0.383 e. The molecule has 3 fully saturated rings. The monoisotopic (exact) mass is 399 g/mol. The SMILES string of the molecule is CC(O)(CF)c1ccc(C(=O)N(C2CC2)C2CCN(CC3(C#N)CC3)CC2)cc1. The van der Waals surface area contributed by atoms with Crippen molar-refractivity contribution in [2.45, 2.75) is 63.1 Å². The maximum atomic E-state index is 13.3. The van der Waals surface area contributed by atoms with Crippen LogP contribution in [0.4, 0.5) is 4.39 Å². The van der Waals surface area contributed by atoms with Gasteiger partial charge in [-0.1, -0.05) is 12.1 Å². The van der Waals surface area contributed by atoms with Crippen LogP contribution in [0.5, 0.6) is 0 Å². The molecular weight excluding hydrogens is 369 g/mol. The Bertz CT molecular complexity index is 785. The van der Waals surface area contributed by atoms with Crippen molar-refractivity contribution in [1.29, 1.82) is 5.26 Å². The molecule has 0 spiro atoms. The Balaban J connectivity index is 1.41. The molecule has 0 radical (unpaired) electrons. The van der Waals surface area contributed by atoms with Crippen LogP contribution >= 0.6 is 0 Å². The zero-order valence-corrected chi connectivity index (χ0v) is 17.1. The molecule has 1 amide bonds. The predicted octanol–water partition coefficient (Wildman–Crippen LogP) is 3.24. The molecule has 1 heterocycles. The summed E-state index contributed by atoms with van der Waals surface area (Å²) in [5.74, 6) is 0.0353. The van der Waals surface area contributed by atoms with E-state index in [-0.39, 0.29) is 17.4 Å². The minimum absolute atomic E-state index is 0.0353. The molecule has 4 rings (SSSR count). The fourth-order valence-corrected chi connectivity index (χ4v) is 4.42. The van der Waals surface area contributed by atoms with Crippen LogP contribution in [0.3, 0.4) is 0 Å². The van der Waals surface area contributed by atoms with Crippen molar-refractivity contribution in [2.24, 2.45) is 5.41 Å². The summed E-state index contributed by atoms with van der Waals surface area (Å²) in [6.45, 7) is 3.31. The molecule has 5 nitrogen and oxygen atoms in total. The maximum absolute atomic E-state index is 13.3. The zero-order valence-electron chi connectivity index (χ0n) is 17.1. The Morgan fingerprint density at radius 3 is 2.31 bits per heavy atom. The van der Waals surface area contributed by atoms with Gasteiger partial charge in [-0.15, -0.1) is 0 Å². The molecule has 1 aromatic rings. The van der Waals surface area contributed by atoms with Gasteiger partial charge in [0.15, 0.2) is 0 Å². The van der Waals surface area contributed by atoms with Gasteiger partial charge < -0.3 is 14.9 Å². The number of amides is 1. The minimum atomic E-state index is -1.52. The van der Waals surface area contributed by atoms with Crippen molar-refractivity contribution in [3.8, 4) is 6.07 Å². The fourth-order valence-electron chi connectivity index (χ4n) is 4.42. The maximum Gasteiger partial charge on any atom is 0.254 e. The highest BCUT2D eigenvalue weighted by Crippen LogP contribution is 2.46. The van der Waals surface area contributed by atoms with E-state index in [1.807, 2.05) is 0 Å². The lowest BCUT2D eigenvalue weighted by molar-refractivity contribution is 0.0299. The normalized spacial score (nSPS) is 23.8. The molecule has 29 heavy (non-hydrogen) atoms. The number of alkyl halides is 1. The van der Waals surface area contributed by atoms with E-state index in [1.165, 1.54) is 6.92 Å². The van der Waals surface area contributed by atoms with E-state index in [1.54, 1.807) is 24.3 Å². The van der Waals surface area contributed by atoms with Gasteiger partial charge in [-0.05, 0) is 63.1 Å². The van der Waals surface area contributed by atoms with Gasteiger partial charge in [-0.3, -0.25) is 4.79 Å². The molecule has 1 N–H and O–H groups in total. The Kier molecular flexibility index (Phi) is 5.39. The Morgan fingerprint density at radius 1 is 1.24 bits per heavy atom. The Labute approximate surface area is 172 Å². The number of piperidine rings is 1. The van der Waals surface area contributed by atoms with Gasteiger partial charge in [-0.2, -0.15) is 5.26 Å². The topological polar surface area (TPSA) is 67.6 Å². The number of hydrogen-bond acceptors (Lipinski definition) is 4. The molecular formula is C23H30FN3O2. The van der Waals surface area contributed by atoms with Crippen LogP contribution < -0.4 is 0 Å². The number of carbonyl (C=O) groups excluding carboxylic acids is 1. The second-order valence-corrected chi connectivity index (χ2v) is 9.33. The Hall–Kier alpha value is -1.97. The van der Waals surface area contributed by atoms with Crippen molar-refractivity contribution in [3.05, 3.63) is 35.4 Å². The van der Waals surface area contributed by atoms with Gasteiger partial charge >= 0.3 is 0 Å². The molecule has 3 aliphatic rings. The van der Waals surface area contributed by atoms with Crippen LogP contribution in [-0.2, 0) is 5.60 Å². The van der Waals surface area contributed by atoms with E-state index in [9.17, 15) is 19.6 Å². The third-order valence-corrected chi connectivity index (χ3v) is 6.76. The van der Waals surface area contributed by atoms with E-state index < -0.39 is 12.3 Å². The van der Waals surface area contributed by atoms with Gasteiger partial charge in [0.05, 0.1) is 11.5 Å². The third-order valence-electron chi connectivity index (χ3n) is 6.76. The predicted molar refractivity (Wildman–Crippen MR) is 108 cm³/mol. The molecule has 0 aromatic heterocycles. The van der Waals surface area contributed by atoms with Crippen molar-refractivity contribution in [1.82, 2.24) is 9.80 Å². The summed E-state index contributed by atoms with van der Waals surface area (Å²) in [6, 6.07) is 9.74. The molecule has 0 bridgehead atoms. The second kappa shape index (κ2) is 7.70. The summed E-state index contributed by atoms with van der Waals surface area (Å²) in [5, 5.41) is 19.4. The first-order valence-corrected chi connectivity index (χ1v) is 10.7. The summed E-state index contributed by atoms with van der Waals surface area (Å²) in [5.41, 5.74) is -0.553. The quantitative estimate of drug-likeness (QED) is 0.764. The van der Waals surface area contributed by atoms with Crippen molar-refractivity contribution < 1.29 is 14.3 Å². The number of rotatable bonds is 7. The molecule has 1 saturated heterocycles. The number of likely N-dealkylation sites (tertiary alicyclic amines) is 1. The van der Waals surface area contributed by atoms with Gasteiger partial charge in [0.1, 0.15) is 12.3 Å².